The highest BCUT2D eigenvalue weighted by atomic mass is 35.5. The lowest BCUT2D eigenvalue weighted by molar-refractivity contribution is -0.118. The number of carbonyl (C=O) groups is 1. The molecule has 1 atom stereocenters. The van der Waals surface area contributed by atoms with Gasteiger partial charge < -0.3 is 0 Å². The van der Waals surface area contributed by atoms with Crippen molar-refractivity contribution in [2.75, 3.05) is 0 Å². The predicted molar refractivity (Wildman–Crippen MR) is 69.0 cm³/mol. The summed E-state index contributed by atoms with van der Waals surface area (Å²) in [6.07, 6.45) is 2.50. The number of hydrogen-bond acceptors (Lipinski definition) is 1. The van der Waals surface area contributed by atoms with Crippen LogP contribution in [0.3, 0.4) is 0 Å². The summed E-state index contributed by atoms with van der Waals surface area (Å²) in [4.78, 5) is 11.3. The molecule has 94 valence electrons. The molecule has 1 rings (SSSR count). The second-order valence-corrected chi connectivity index (χ2v) is 4.58. The molecule has 0 saturated carbocycles. The van der Waals surface area contributed by atoms with Crippen LogP contribution < -0.4 is 0 Å². The Hall–Kier alpha value is -0.890. The van der Waals surface area contributed by atoms with Gasteiger partial charge in [-0.05, 0) is 30.9 Å². The first-order chi connectivity index (χ1) is 8.10. The van der Waals surface area contributed by atoms with Crippen LogP contribution in [0.1, 0.15) is 51.0 Å². The van der Waals surface area contributed by atoms with Crippen LogP contribution in [0, 0.1) is 5.82 Å². The lowest BCUT2D eigenvalue weighted by atomic mass is 9.90. The Bertz CT molecular complexity index is 370. The lowest BCUT2D eigenvalue weighted by Gasteiger charge is -2.17. The topological polar surface area (TPSA) is 17.1 Å². The molecule has 0 aliphatic rings. The molecular formula is C14H18ClFO. The summed E-state index contributed by atoms with van der Waals surface area (Å²) in [5.74, 6) is -0.0246. The van der Waals surface area contributed by atoms with Gasteiger partial charge in [-0.3, -0.25) is 4.79 Å². The van der Waals surface area contributed by atoms with Crippen molar-refractivity contribution in [3.05, 3.63) is 34.6 Å². The zero-order valence-corrected chi connectivity index (χ0v) is 11.1. The molecule has 0 amide bonds. The van der Waals surface area contributed by atoms with Crippen LogP contribution in [0.4, 0.5) is 4.39 Å². The Morgan fingerprint density at radius 3 is 2.65 bits per heavy atom. The monoisotopic (exact) mass is 256 g/mol. The summed E-state index contributed by atoms with van der Waals surface area (Å²) in [7, 11) is 0. The molecule has 17 heavy (non-hydrogen) atoms. The highest BCUT2D eigenvalue weighted by Gasteiger charge is 2.18. The van der Waals surface area contributed by atoms with E-state index in [2.05, 4.69) is 0 Å². The van der Waals surface area contributed by atoms with Gasteiger partial charge in [-0.15, -0.1) is 0 Å². The van der Waals surface area contributed by atoms with Crippen molar-refractivity contribution in [1.82, 2.24) is 0 Å². The summed E-state index contributed by atoms with van der Waals surface area (Å²) in [6, 6.07) is 4.72. The van der Waals surface area contributed by atoms with Crippen LogP contribution in [0.25, 0.3) is 0 Å². The number of ketones is 1. The molecule has 0 radical (unpaired) electrons. The van der Waals surface area contributed by atoms with Gasteiger partial charge in [0.25, 0.3) is 0 Å². The van der Waals surface area contributed by atoms with E-state index in [9.17, 15) is 9.18 Å². The summed E-state index contributed by atoms with van der Waals surface area (Å²) < 4.78 is 13.7. The Labute approximate surface area is 107 Å². The third-order valence-electron chi connectivity index (χ3n) is 3.07. The van der Waals surface area contributed by atoms with Crippen LogP contribution in [0.5, 0.6) is 0 Å². The van der Waals surface area contributed by atoms with Crippen molar-refractivity contribution < 1.29 is 9.18 Å². The molecule has 1 unspecified atom stereocenters. The van der Waals surface area contributed by atoms with E-state index >= 15 is 0 Å². The predicted octanol–water partition coefficient (Wildman–Crippen LogP) is 4.73. The molecule has 0 fully saturated rings. The average molecular weight is 257 g/mol. The number of Topliss-reactive ketones (excluding diaryl/α,β-unsaturated/α-hetero) is 1. The normalized spacial score (nSPS) is 12.5. The van der Waals surface area contributed by atoms with Crippen LogP contribution in [0.2, 0.25) is 5.02 Å². The van der Waals surface area contributed by atoms with Crippen LogP contribution in [0.15, 0.2) is 18.2 Å². The maximum absolute atomic E-state index is 13.7. The molecule has 0 heterocycles. The summed E-state index contributed by atoms with van der Waals surface area (Å²) in [5.41, 5.74) is 0.556. The average Bonchev–Trinajstić information content (AvgIpc) is 2.32. The molecule has 0 aliphatic carbocycles. The minimum Gasteiger partial charge on any atom is -0.300 e. The van der Waals surface area contributed by atoms with E-state index in [1.54, 1.807) is 12.1 Å². The SMILES string of the molecule is CCC(=O)CCC(CC)c1c(F)cccc1Cl. The number of hydrogen-bond donors (Lipinski definition) is 0. The van der Waals surface area contributed by atoms with Gasteiger partial charge in [0.05, 0.1) is 0 Å². The minimum absolute atomic E-state index is 0.0270. The van der Waals surface area contributed by atoms with Crippen molar-refractivity contribution in [3.63, 3.8) is 0 Å². The second kappa shape index (κ2) is 6.75. The Kier molecular flexibility index (Phi) is 5.63. The number of rotatable bonds is 6. The molecule has 0 aromatic heterocycles. The molecule has 1 nitrogen and oxygen atoms in total. The highest BCUT2D eigenvalue weighted by molar-refractivity contribution is 6.31. The number of benzene rings is 1. The van der Waals surface area contributed by atoms with E-state index in [1.165, 1.54) is 6.07 Å². The summed E-state index contributed by atoms with van der Waals surface area (Å²) in [6.45, 7) is 3.84. The van der Waals surface area contributed by atoms with Gasteiger partial charge in [0, 0.05) is 23.4 Å². The first-order valence-corrected chi connectivity index (χ1v) is 6.43. The molecule has 0 bridgehead atoms. The van der Waals surface area contributed by atoms with Crippen molar-refractivity contribution >= 4 is 17.4 Å². The van der Waals surface area contributed by atoms with E-state index in [0.717, 1.165) is 6.42 Å². The quantitative estimate of drug-likeness (QED) is 0.719. The van der Waals surface area contributed by atoms with E-state index in [1.807, 2.05) is 13.8 Å². The van der Waals surface area contributed by atoms with E-state index in [4.69, 9.17) is 11.6 Å². The van der Waals surface area contributed by atoms with Gasteiger partial charge in [-0.1, -0.05) is 31.5 Å². The van der Waals surface area contributed by atoms with E-state index < -0.39 is 0 Å². The van der Waals surface area contributed by atoms with Gasteiger partial charge in [-0.25, -0.2) is 4.39 Å². The van der Waals surface area contributed by atoms with Gasteiger partial charge in [0.1, 0.15) is 11.6 Å². The Balaban J connectivity index is 2.83. The van der Waals surface area contributed by atoms with Gasteiger partial charge in [0.2, 0.25) is 0 Å². The standard InChI is InChI=1S/C14H18ClFO/c1-3-10(8-9-11(17)4-2)14-12(15)6-5-7-13(14)16/h5-7,10H,3-4,8-9H2,1-2H3. The number of halogens is 2. The van der Waals surface area contributed by atoms with Crippen molar-refractivity contribution in [2.45, 2.75) is 45.4 Å². The largest absolute Gasteiger partial charge is 0.300 e. The molecule has 0 N–H and O–H groups in total. The third kappa shape index (κ3) is 3.81. The van der Waals surface area contributed by atoms with Crippen LogP contribution in [-0.4, -0.2) is 5.78 Å². The summed E-state index contributed by atoms with van der Waals surface area (Å²) >= 11 is 6.03. The van der Waals surface area contributed by atoms with Crippen LogP contribution >= 0.6 is 11.6 Å². The first kappa shape index (κ1) is 14.2. The zero-order chi connectivity index (χ0) is 12.8. The fourth-order valence-corrected chi connectivity index (χ4v) is 2.28. The lowest BCUT2D eigenvalue weighted by Crippen LogP contribution is -2.05. The molecule has 1 aromatic rings. The fraction of sp³-hybridized carbons (Fsp3) is 0.500. The van der Waals surface area contributed by atoms with Gasteiger partial charge >= 0.3 is 0 Å². The summed E-state index contributed by atoms with van der Waals surface area (Å²) in [5, 5.41) is 0.459. The highest BCUT2D eigenvalue weighted by Crippen LogP contribution is 2.32. The second-order valence-electron chi connectivity index (χ2n) is 4.17. The molecule has 0 saturated heterocycles. The van der Waals surface area contributed by atoms with Crippen molar-refractivity contribution in [3.8, 4) is 0 Å². The Morgan fingerprint density at radius 2 is 2.12 bits per heavy atom. The smallest absolute Gasteiger partial charge is 0.132 e. The zero-order valence-electron chi connectivity index (χ0n) is 10.3. The first-order valence-electron chi connectivity index (χ1n) is 6.05. The van der Waals surface area contributed by atoms with Crippen molar-refractivity contribution in [2.24, 2.45) is 0 Å². The van der Waals surface area contributed by atoms with E-state index in [-0.39, 0.29) is 17.5 Å². The Morgan fingerprint density at radius 1 is 1.41 bits per heavy atom. The third-order valence-corrected chi connectivity index (χ3v) is 3.40. The maximum atomic E-state index is 13.7. The maximum Gasteiger partial charge on any atom is 0.132 e. The molecular weight excluding hydrogens is 239 g/mol. The molecule has 1 aromatic carbocycles. The van der Waals surface area contributed by atoms with Gasteiger partial charge in [-0.2, -0.15) is 0 Å². The van der Waals surface area contributed by atoms with Crippen molar-refractivity contribution in [1.29, 1.82) is 0 Å². The number of carbonyl (C=O) groups excluding carboxylic acids is 1. The molecule has 0 aliphatic heterocycles. The molecule has 0 spiro atoms. The molecule has 3 heteroatoms. The van der Waals surface area contributed by atoms with E-state index in [0.29, 0.717) is 29.8 Å². The van der Waals surface area contributed by atoms with Gasteiger partial charge in [0.15, 0.2) is 0 Å². The van der Waals surface area contributed by atoms with Crippen LogP contribution in [-0.2, 0) is 4.79 Å². The fourth-order valence-electron chi connectivity index (χ4n) is 1.97. The minimum atomic E-state index is -0.270.